The van der Waals surface area contributed by atoms with Gasteiger partial charge in [0.25, 0.3) is 0 Å². The Morgan fingerprint density at radius 1 is 1.09 bits per heavy atom. The standard InChI is InChI=1S/C24H18ClN3O2S4/c1-31-23-19(15-26)21(16-5-3-2-4-6-16)22(33-23)20-11-12-27-24(28-20)32-13-14-34(29,30)18-9-7-17(25)8-10-18/h2-12H,13-14H2,1H3. The van der Waals surface area contributed by atoms with Gasteiger partial charge in [0.05, 0.1) is 31.0 Å². The second kappa shape index (κ2) is 10.9. The summed E-state index contributed by atoms with van der Waals surface area (Å²) in [7, 11) is -3.43. The quantitative estimate of drug-likeness (QED) is 0.181. The molecule has 0 amide bonds. The second-order valence-corrected chi connectivity index (χ2v) is 12.7. The number of rotatable bonds is 8. The first kappa shape index (κ1) is 24.8. The third-order valence-electron chi connectivity index (χ3n) is 4.86. The van der Waals surface area contributed by atoms with E-state index in [-0.39, 0.29) is 10.6 Å². The highest BCUT2D eigenvalue weighted by Crippen LogP contribution is 2.45. The SMILES string of the molecule is CSc1sc(-c2ccnc(SCCS(=O)(=O)c3ccc(Cl)cc3)n2)c(-c2ccccc2)c1C#N. The van der Waals surface area contributed by atoms with Crippen LogP contribution in [-0.4, -0.2) is 36.1 Å². The van der Waals surface area contributed by atoms with Gasteiger partial charge in [-0.3, -0.25) is 0 Å². The maximum absolute atomic E-state index is 12.6. The molecule has 0 aliphatic heterocycles. The van der Waals surface area contributed by atoms with E-state index >= 15 is 0 Å². The Morgan fingerprint density at radius 3 is 2.50 bits per heavy atom. The van der Waals surface area contributed by atoms with Gasteiger partial charge in [0.1, 0.15) is 6.07 Å². The van der Waals surface area contributed by atoms with Gasteiger partial charge in [0.15, 0.2) is 15.0 Å². The summed E-state index contributed by atoms with van der Waals surface area (Å²) < 4.78 is 26.1. The van der Waals surface area contributed by atoms with Gasteiger partial charge in [0.2, 0.25) is 0 Å². The Bertz CT molecular complexity index is 1450. The summed E-state index contributed by atoms with van der Waals surface area (Å²) in [5, 5.41) is 10.8. The van der Waals surface area contributed by atoms with Gasteiger partial charge in [-0.05, 0) is 42.2 Å². The van der Waals surface area contributed by atoms with Crippen molar-refractivity contribution in [3.63, 3.8) is 0 Å². The molecule has 10 heteroatoms. The molecule has 5 nitrogen and oxygen atoms in total. The number of aromatic nitrogens is 2. The molecule has 0 fully saturated rings. The van der Waals surface area contributed by atoms with Crippen molar-refractivity contribution < 1.29 is 8.42 Å². The largest absolute Gasteiger partial charge is 0.231 e. The number of benzene rings is 2. The first-order chi connectivity index (χ1) is 16.4. The minimum Gasteiger partial charge on any atom is -0.231 e. The number of thiophene rings is 1. The monoisotopic (exact) mass is 543 g/mol. The zero-order chi connectivity index (χ0) is 24.1. The number of nitrogens with zero attached hydrogens (tertiary/aromatic N) is 3. The molecule has 0 atom stereocenters. The van der Waals surface area contributed by atoms with E-state index in [9.17, 15) is 13.7 Å². The van der Waals surface area contributed by atoms with Crippen LogP contribution in [0.15, 0.2) is 81.1 Å². The number of hydrogen-bond donors (Lipinski definition) is 0. The lowest BCUT2D eigenvalue weighted by atomic mass is 10.0. The topological polar surface area (TPSA) is 83.7 Å². The van der Waals surface area contributed by atoms with Crippen molar-refractivity contribution in [1.29, 1.82) is 5.26 Å². The first-order valence-electron chi connectivity index (χ1n) is 10.0. The summed E-state index contributed by atoms with van der Waals surface area (Å²) >= 11 is 10.2. The van der Waals surface area contributed by atoms with Crippen LogP contribution in [0.2, 0.25) is 5.02 Å². The van der Waals surface area contributed by atoms with Crippen LogP contribution in [0.25, 0.3) is 21.7 Å². The molecule has 0 bridgehead atoms. The normalized spacial score (nSPS) is 11.3. The molecule has 0 N–H and O–H groups in total. The Labute approximate surface area is 216 Å². The molecule has 4 aromatic rings. The lowest BCUT2D eigenvalue weighted by Gasteiger charge is -2.07. The van der Waals surface area contributed by atoms with E-state index in [4.69, 9.17) is 11.6 Å². The Balaban J connectivity index is 1.59. The molecule has 0 aliphatic carbocycles. The molecule has 0 aliphatic rings. The fourth-order valence-electron chi connectivity index (χ4n) is 3.26. The van der Waals surface area contributed by atoms with Crippen molar-refractivity contribution in [3.05, 3.63) is 77.4 Å². The van der Waals surface area contributed by atoms with Gasteiger partial charge in [-0.2, -0.15) is 5.26 Å². The first-order valence-corrected chi connectivity index (χ1v) is 15.1. The van der Waals surface area contributed by atoms with Crippen molar-refractivity contribution in [2.45, 2.75) is 14.3 Å². The van der Waals surface area contributed by atoms with Gasteiger partial charge in [-0.1, -0.05) is 53.7 Å². The summed E-state index contributed by atoms with van der Waals surface area (Å²) in [5.74, 6) is 0.264. The number of thioether (sulfide) groups is 2. The average molecular weight is 544 g/mol. The highest BCUT2D eigenvalue weighted by atomic mass is 35.5. The van der Waals surface area contributed by atoms with E-state index in [1.165, 1.54) is 47.0 Å². The summed E-state index contributed by atoms with van der Waals surface area (Å²) in [6.45, 7) is 0. The summed E-state index contributed by atoms with van der Waals surface area (Å²) in [6, 6.07) is 20.1. The van der Waals surface area contributed by atoms with Crippen molar-refractivity contribution >= 4 is 56.3 Å². The Kier molecular flexibility index (Phi) is 7.96. The molecule has 2 aromatic carbocycles. The predicted molar refractivity (Wildman–Crippen MR) is 142 cm³/mol. The molecule has 34 heavy (non-hydrogen) atoms. The van der Waals surface area contributed by atoms with Crippen molar-refractivity contribution in [2.75, 3.05) is 17.8 Å². The minimum absolute atomic E-state index is 0.0453. The molecule has 2 aromatic heterocycles. The van der Waals surface area contributed by atoms with Crippen LogP contribution in [-0.2, 0) is 9.84 Å². The maximum Gasteiger partial charge on any atom is 0.188 e. The van der Waals surface area contributed by atoms with Crippen LogP contribution < -0.4 is 0 Å². The van der Waals surface area contributed by atoms with Crippen LogP contribution in [0, 0.1) is 11.3 Å². The summed E-state index contributed by atoms with van der Waals surface area (Å²) in [6.07, 6.45) is 3.62. The molecule has 2 heterocycles. The third-order valence-corrected chi connectivity index (χ3v) is 10.3. The molecule has 0 spiro atoms. The molecular formula is C24H18ClN3O2S4. The molecule has 172 valence electrons. The van der Waals surface area contributed by atoms with Crippen LogP contribution in [0.4, 0.5) is 0 Å². The molecule has 0 unspecified atom stereocenters. The average Bonchev–Trinajstić information content (AvgIpc) is 3.24. The molecule has 0 saturated carbocycles. The Hall–Kier alpha value is -2.35. The van der Waals surface area contributed by atoms with Crippen molar-refractivity contribution in [1.82, 2.24) is 9.97 Å². The van der Waals surface area contributed by atoms with Gasteiger partial charge in [-0.15, -0.1) is 23.1 Å². The number of nitriles is 1. The summed E-state index contributed by atoms with van der Waals surface area (Å²) in [5.41, 5.74) is 3.16. The molecular weight excluding hydrogens is 526 g/mol. The van der Waals surface area contributed by atoms with E-state index in [0.717, 1.165) is 20.2 Å². The molecule has 0 saturated heterocycles. The van der Waals surface area contributed by atoms with E-state index in [1.807, 2.05) is 42.7 Å². The van der Waals surface area contributed by atoms with E-state index < -0.39 is 9.84 Å². The third kappa shape index (κ3) is 5.48. The highest BCUT2D eigenvalue weighted by molar-refractivity contribution is 8.00. The molecule has 4 rings (SSSR count). The highest BCUT2D eigenvalue weighted by Gasteiger charge is 2.22. The molecule has 0 radical (unpaired) electrons. The van der Waals surface area contributed by atoms with E-state index in [0.29, 0.717) is 27.2 Å². The number of halogens is 1. The zero-order valence-electron chi connectivity index (χ0n) is 17.9. The van der Waals surface area contributed by atoms with Crippen LogP contribution in [0.3, 0.4) is 0 Å². The Morgan fingerprint density at radius 2 is 1.82 bits per heavy atom. The fourth-order valence-corrected chi connectivity index (χ4v) is 7.77. The zero-order valence-corrected chi connectivity index (χ0v) is 22.0. The lowest BCUT2D eigenvalue weighted by Crippen LogP contribution is -2.09. The number of sulfone groups is 1. The van der Waals surface area contributed by atoms with Crippen molar-refractivity contribution in [2.24, 2.45) is 0 Å². The van der Waals surface area contributed by atoms with E-state index in [2.05, 4.69) is 16.0 Å². The van der Waals surface area contributed by atoms with E-state index in [1.54, 1.807) is 18.3 Å². The van der Waals surface area contributed by atoms with Crippen LogP contribution >= 0.6 is 46.5 Å². The van der Waals surface area contributed by atoms with Gasteiger partial charge in [0, 0.05) is 22.5 Å². The fraction of sp³-hybridized carbons (Fsp3) is 0.125. The smallest absolute Gasteiger partial charge is 0.188 e. The number of hydrogen-bond acceptors (Lipinski definition) is 8. The van der Waals surface area contributed by atoms with Crippen LogP contribution in [0.5, 0.6) is 0 Å². The van der Waals surface area contributed by atoms with Gasteiger partial charge < -0.3 is 0 Å². The van der Waals surface area contributed by atoms with Gasteiger partial charge in [-0.25, -0.2) is 18.4 Å². The lowest BCUT2D eigenvalue weighted by molar-refractivity contribution is 0.597. The predicted octanol–water partition coefficient (Wildman–Crippen LogP) is 6.69. The minimum atomic E-state index is -3.43. The van der Waals surface area contributed by atoms with Gasteiger partial charge >= 0.3 is 0 Å². The maximum atomic E-state index is 12.6. The second-order valence-electron chi connectivity index (χ2n) is 7.00. The van der Waals surface area contributed by atoms with Crippen LogP contribution in [0.1, 0.15) is 5.56 Å². The van der Waals surface area contributed by atoms with Crippen molar-refractivity contribution in [3.8, 4) is 27.8 Å². The summed E-state index contributed by atoms with van der Waals surface area (Å²) in [4.78, 5) is 10.1.